The molecule has 1 aromatic heterocycles. The summed E-state index contributed by atoms with van der Waals surface area (Å²) in [7, 11) is -3.73. The Bertz CT molecular complexity index is 532. The first-order chi connectivity index (χ1) is 8.16. The average Bonchev–Trinajstić information content (AvgIpc) is 2.64. The van der Waals surface area contributed by atoms with Gasteiger partial charge in [0.2, 0.25) is 0 Å². The van der Waals surface area contributed by atoms with Crippen LogP contribution in [0.5, 0.6) is 0 Å². The minimum atomic E-state index is -3.73. The van der Waals surface area contributed by atoms with Crippen LogP contribution in [0.1, 0.15) is 18.7 Å². The molecule has 0 aliphatic rings. The van der Waals surface area contributed by atoms with Crippen LogP contribution in [-0.4, -0.2) is 36.7 Å². The van der Waals surface area contributed by atoms with Gasteiger partial charge in [-0.15, -0.1) is 11.3 Å². The molecular weight excluding hydrogens is 278 g/mol. The zero-order valence-electron chi connectivity index (χ0n) is 10.0. The Morgan fingerprint density at radius 2 is 2.06 bits per heavy atom. The van der Waals surface area contributed by atoms with Crippen LogP contribution >= 0.6 is 11.3 Å². The summed E-state index contributed by atoms with van der Waals surface area (Å²) < 4.78 is 26.3. The van der Waals surface area contributed by atoms with E-state index in [4.69, 9.17) is 10.2 Å². The molecule has 1 heterocycles. The summed E-state index contributed by atoms with van der Waals surface area (Å²) in [6.45, 7) is 2.77. The van der Waals surface area contributed by atoms with Crippen LogP contribution in [0.4, 0.5) is 0 Å². The normalized spacial score (nSPS) is 12.6. The van der Waals surface area contributed by atoms with Crippen molar-refractivity contribution in [2.45, 2.75) is 30.0 Å². The zero-order chi connectivity index (χ0) is 14.0. The van der Waals surface area contributed by atoms with Crippen molar-refractivity contribution in [2.75, 3.05) is 6.61 Å². The van der Waals surface area contributed by atoms with E-state index in [-0.39, 0.29) is 17.2 Å². The fraction of sp³-hybridized carbons (Fsp3) is 0.500. The summed E-state index contributed by atoms with van der Waals surface area (Å²) in [4.78, 5) is 11.0. The Kier molecular flexibility index (Phi) is 4.49. The SMILES string of the molecule is CC(C)(CO)NS(=O)(=O)c1ccc(CC(=O)O)s1. The third kappa shape index (κ3) is 4.05. The van der Waals surface area contributed by atoms with Gasteiger partial charge in [-0.05, 0) is 26.0 Å². The molecule has 1 aromatic rings. The lowest BCUT2D eigenvalue weighted by atomic mass is 10.1. The van der Waals surface area contributed by atoms with E-state index in [1.807, 2.05) is 0 Å². The quantitative estimate of drug-likeness (QED) is 0.705. The van der Waals surface area contributed by atoms with Gasteiger partial charge < -0.3 is 10.2 Å². The number of aliphatic hydroxyl groups excluding tert-OH is 1. The molecule has 0 atom stereocenters. The standard InChI is InChI=1S/C10H15NO5S2/c1-10(2,6-12)11-18(15,16)9-4-3-7(17-9)5-8(13)14/h3-4,11-12H,5-6H2,1-2H3,(H,13,14). The summed E-state index contributed by atoms with van der Waals surface area (Å²) in [5.41, 5.74) is -0.963. The maximum atomic E-state index is 11.9. The number of aliphatic carboxylic acids is 1. The van der Waals surface area contributed by atoms with Crippen molar-refractivity contribution in [2.24, 2.45) is 0 Å². The van der Waals surface area contributed by atoms with Crippen molar-refractivity contribution < 1.29 is 23.4 Å². The second kappa shape index (κ2) is 5.35. The van der Waals surface area contributed by atoms with E-state index in [0.717, 1.165) is 11.3 Å². The molecule has 0 aliphatic heterocycles. The van der Waals surface area contributed by atoms with E-state index < -0.39 is 21.5 Å². The minimum Gasteiger partial charge on any atom is -0.481 e. The van der Waals surface area contributed by atoms with Gasteiger partial charge in [0.25, 0.3) is 10.0 Å². The number of sulfonamides is 1. The van der Waals surface area contributed by atoms with Gasteiger partial charge in [0.15, 0.2) is 0 Å². The highest BCUT2D eigenvalue weighted by atomic mass is 32.2. The number of nitrogens with one attached hydrogen (secondary N) is 1. The number of carbonyl (C=O) groups is 1. The number of thiophene rings is 1. The van der Waals surface area contributed by atoms with E-state index >= 15 is 0 Å². The number of carboxylic acids is 1. The molecule has 18 heavy (non-hydrogen) atoms. The van der Waals surface area contributed by atoms with Gasteiger partial charge in [-0.25, -0.2) is 13.1 Å². The predicted octanol–water partition coefficient (Wildman–Crippen LogP) is 0.424. The molecule has 3 N–H and O–H groups in total. The molecule has 0 saturated carbocycles. The fourth-order valence-corrected chi connectivity index (χ4v) is 3.94. The largest absolute Gasteiger partial charge is 0.481 e. The van der Waals surface area contributed by atoms with Crippen LogP contribution < -0.4 is 4.72 Å². The number of aliphatic hydroxyl groups is 1. The second-order valence-corrected chi connectivity index (χ2v) is 7.52. The summed E-state index contributed by atoms with van der Waals surface area (Å²) in [6.07, 6.45) is -0.205. The summed E-state index contributed by atoms with van der Waals surface area (Å²) in [6, 6.07) is 2.83. The summed E-state index contributed by atoms with van der Waals surface area (Å²) >= 11 is 0.906. The number of rotatable bonds is 6. The summed E-state index contributed by atoms with van der Waals surface area (Å²) in [5.74, 6) is -1.01. The third-order valence-corrected chi connectivity index (χ3v) is 5.31. The molecule has 6 nitrogen and oxygen atoms in total. The van der Waals surface area contributed by atoms with E-state index in [9.17, 15) is 13.2 Å². The van der Waals surface area contributed by atoms with Crippen LogP contribution in [0.2, 0.25) is 0 Å². The molecule has 1 rings (SSSR count). The van der Waals surface area contributed by atoms with E-state index in [0.29, 0.717) is 4.88 Å². The molecule has 102 valence electrons. The van der Waals surface area contributed by atoms with Gasteiger partial charge in [-0.2, -0.15) is 0 Å². The Hall–Kier alpha value is -0.960. The zero-order valence-corrected chi connectivity index (χ0v) is 11.6. The topological polar surface area (TPSA) is 104 Å². The van der Waals surface area contributed by atoms with Crippen molar-refractivity contribution in [3.8, 4) is 0 Å². The van der Waals surface area contributed by atoms with Crippen LogP contribution in [-0.2, 0) is 21.2 Å². The van der Waals surface area contributed by atoms with Gasteiger partial charge in [-0.1, -0.05) is 0 Å². The molecule has 0 fully saturated rings. The second-order valence-electron chi connectivity index (χ2n) is 4.44. The fourth-order valence-electron chi connectivity index (χ4n) is 1.19. The van der Waals surface area contributed by atoms with Crippen molar-refractivity contribution in [1.82, 2.24) is 4.72 Å². The first kappa shape index (κ1) is 15.1. The van der Waals surface area contributed by atoms with Gasteiger partial charge >= 0.3 is 5.97 Å². The Morgan fingerprint density at radius 1 is 1.44 bits per heavy atom. The lowest BCUT2D eigenvalue weighted by Gasteiger charge is -2.22. The molecule has 0 unspecified atom stereocenters. The molecule has 0 aliphatic carbocycles. The van der Waals surface area contributed by atoms with Crippen LogP contribution in [0, 0.1) is 0 Å². The smallest absolute Gasteiger partial charge is 0.308 e. The molecule has 8 heteroatoms. The Morgan fingerprint density at radius 3 is 2.56 bits per heavy atom. The van der Waals surface area contributed by atoms with Gasteiger partial charge in [0, 0.05) is 4.88 Å². The van der Waals surface area contributed by atoms with Crippen molar-refractivity contribution >= 4 is 27.3 Å². The monoisotopic (exact) mass is 293 g/mol. The molecule has 0 amide bonds. The van der Waals surface area contributed by atoms with E-state index in [2.05, 4.69) is 4.72 Å². The molecule has 0 radical (unpaired) electrons. The molecular formula is C10H15NO5S2. The maximum absolute atomic E-state index is 11.9. The predicted molar refractivity (Wildman–Crippen MR) is 67.1 cm³/mol. The molecule has 0 aromatic carbocycles. The third-order valence-electron chi connectivity index (χ3n) is 2.03. The van der Waals surface area contributed by atoms with Crippen LogP contribution in [0.3, 0.4) is 0 Å². The van der Waals surface area contributed by atoms with Gasteiger partial charge in [0.1, 0.15) is 4.21 Å². The van der Waals surface area contributed by atoms with Gasteiger partial charge in [-0.3, -0.25) is 4.79 Å². The summed E-state index contributed by atoms with van der Waals surface area (Å²) in [5, 5.41) is 17.6. The Labute approximate surface area is 109 Å². The Balaban J connectivity index is 2.92. The minimum absolute atomic E-state index is 0.0419. The maximum Gasteiger partial charge on any atom is 0.308 e. The molecule has 0 saturated heterocycles. The highest BCUT2D eigenvalue weighted by molar-refractivity contribution is 7.91. The van der Waals surface area contributed by atoms with Crippen LogP contribution in [0.15, 0.2) is 16.3 Å². The molecule has 0 bridgehead atoms. The van der Waals surface area contributed by atoms with Crippen molar-refractivity contribution in [3.63, 3.8) is 0 Å². The average molecular weight is 293 g/mol. The molecule has 0 spiro atoms. The number of hydrogen-bond donors (Lipinski definition) is 3. The van der Waals surface area contributed by atoms with Crippen molar-refractivity contribution in [1.29, 1.82) is 0 Å². The first-order valence-corrected chi connectivity index (χ1v) is 7.41. The highest BCUT2D eigenvalue weighted by Crippen LogP contribution is 2.23. The van der Waals surface area contributed by atoms with Gasteiger partial charge in [0.05, 0.1) is 18.6 Å². The first-order valence-electron chi connectivity index (χ1n) is 5.12. The lowest BCUT2D eigenvalue weighted by Crippen LogP contribution is -2.45. The lowest BCUT2D eigenvalue weighted by molar-refractivity contribution is -0.136. The number of carboxylic acid groups (broad SMARTS) is 1. The van der Waals surface area contributed by atoms with Crippen LogP contribution in [0.25, 0.3) is 0 Å². The highest BCUT2D eigenvalue weighted by Gasteiger charge is 2.26. The van der Waals surface area contributed by atoms with Crippen molar-refractivity contribution in [3.05, 3.63) is 17.0 Å². The van der Waals surface area contributed by atoms with E-state index in [1.165, 1.54) is 12.1 Å². The number of hydrogen-bond acceptors (Lipinski definition) is 5. The van der Waals surface area contributed by atoms with E-state index in [1.54, 1.807) is 13.8 Å².